The van der Waals surface area contributed by atoms with Crippen LogP contribution in [0.3, 0.4) is 0 Å². The Morgan fingerprint density at radius 3 is 0.844 bits per heavy atom. The van der Waals surface area contributed by atoms with Gasteiger partial charge in [0.05, 0.1) is 5.41 Å². The molecule has 77 heavy (non-hydrogen) atoms. The summed E-state index contributed by atoms with van der Waals surface area (Å²) in [4.78, 5) is 66.2. The van der Waals surface area contributed by atoms with Gasteiger partial charge in [-0.05, 0) is 155 Å². The maximum absolute atomic E-state index is 13.7. The lowest BCUT2D eigenvalue weighted by Crippen LogP contribution is -2.31. The molecular formula is C68H106O9. The van der Waals surface area contributed by atoms with Gasteiger partial charge >= 0.3 is 5.97 Å². The summed E-state index contributed by atoms with van der Waals surface area (Å²) in [7, 11) is 0. The van der Waals surface area contributed by atoms with Crippen LogP contribution in [0.15, 0.2) is 48.5 Å². The summed E-state index contributed by atoms with van der Waals surface area (Å²) < 4.78 is 0. The summed E-state index contributed by atoms with van der Waals surface area (Å²) in [6, 6.07) is 16.5. The van der Waals surface area contributed by atoms with E-state index in [-0.39, 0.29) is 83.4 Å². The normalized spacial score (nSPS) is 24.9. The number of aliphatic hydroxyl groups excluding tert-OH is 3. The number of Topliss-reactive ketones (excluding diaryl/α,β-unsaturated/α-hetero) is 4. The molecule has 0 aliphatic heterocycles. The van der Waals surface area contributed by atoms with Crippen molar-refractivity contribution in [3.8, 4) is 0 Å². The second-order valence-electron chi connectivity index (χ2n) is 27.7. The molecule has 4 aliphatic rings. The standard InChI is InChI=1S/C34H52O5.C34H54O4/c1-33(2,23-35)21-9-7-13-24-15-11-19-28(30(24)36)26-17-5-6-18-27(26)29-20-12-16-25(31(29)37)14-8-10-22-34(3,4)32(38)39;1-33(2,23-35)21-9-7-13-25-15-11-19-29(31(25)37)27-17-5-6-18-28(27)30-20-12-16-26(32(30)38)14-8-10-22-34(3,4)24-36/h5-6,17-18,24-25,28-29,35H,7-16,19-23H2,1-4H3,(H,38,39);5-6,17-18,25-26,29-30,35-36H,7-16,19-24H2,1-4H3. The molecule has 2 aromatic rings. The van der Waals surface area contributed by atoms with Gasteiger partial charge in [-0.15, -0.1) is 0 Å². The highest BCUT2D eigenvalue weighted by Gasteiger charge is 2.40. The largest absolute Gasteiger partial charge is 0.481 e. The molecule has 8 unspecified atom stereocenters. The number of ketones is 4. The van der Waals surface area contributed by atoms with Crippen molar-refractivity contribution in [3.63, 3.8) is 0 Å². The fourth-order valence-electron chi connectivity index (χ4n) is 13.5. The van der Waals surface area contributed by atoms with Crippen molar-refractivity contribution in [2.75, 3.05) is 19.8 Å². The quantitative estimate of drug-likeness (QED) is 0.0607. The molecule has 0 saturated heterocycles. The molecular weight excluding hydrogens is 961 g/mol. The minimum Gasteiger partial charge on any atom is -0.481 e. The maximum Gasteiger partial charge on any atom is 0.309 e. The van der Waals surface area contributed by atoms with Gasteiger partial charge in [0.1, 0.15) is 23.1 Å². The fraction of sp³-hybridized carbons (Fsp3) is 0.750. The molecule has 9 nitrogen and oxygen atoms in total. The van der Waals surface area contributed by atoms with E-state index in [0.717, 1.165) is 196 Å². The Labute approximate surface area is 466 Å². The second kappa shape index (κ2) is 30.3. The van der Waals surface area contributed by atoms with Crippen LogP contribution in [0.5, 0.6) is 0 Å². The Bertz CT molecular complexity index is 2110. The van der Waals surface area contributed by atoms with Crippen LogP contribution in [0.2, 0.25) is 0 Å². The van der Waals surface area contributed by atoms with E-state index in [0.29, 0.717) is 29.6 Å². The minimum atomic E-state index is -0.766. The lowest BCUT2D eigenvalue weighted by Gasteiger charge is -2.33. The SMILES string of the molecule is CC(C)(CO)CCCCC1CCCC(c2ccccc2C2CCCC(CCCCC(C)(C)C(=O)O)C2=O)C1=O.CC(C)(CO)CCCCC1CCCC(c2ccccc2C2CCCC(CCCCC(C)(C)CO)C2=O)C1=O. The van der Waals surface area contributed by atoms with Crippen LogP contribution in [0, 0.1) is 45.3 Å². The highest BCUT2D eigenvalue weighted by molar-refractivity contribution is 5.93. The molecule has 4 N–H and O–H groups in total. The van der Waals surface area contributed by atoms with Crippen molar-refractivity contribution in [2.24, 2.45) is 45.3 Å². The van der Waals surface area contributed by atoms with Gasteiger partial charge in [-0.3, -0.25) is 24.0 Å². The number of carboxylic acid groups (broad SMARTS) is 1. The van der Waals surface area contributed by atoms with E-state index < -0.39 is 11.4 Å². The Morgan fingerprint density at radius 2 is 0.623 bits per heavy atom. The molecule has 0 bridgehead atoms. The number of aliphatic hydroxyl groups is 3. The van der Waals surface area contributed by atoms with Gasteiger partial charge in [0, 0.05) is 67.2 Å². The van der Waals surface area contributed by atoms with E-state index in [1.54, 1.807) is 13.8 Å². The van der Waals surface area contributed by atoms with Gasteiger partial charge in [0.15, 0.2) is 0 Å². The van der Waals surface area contributed by atoms with E-state index in [9.17, 15) is 44.4 Å². The molecule has 9 heteroatoms. The second-order valence-corrected chi connectivity index (χ2v) is 27.7. The first kappa shape index (κ1) is 64.3. The van der Waals surface area contributed by atoms with Crippen molar-refractivity contribution >= 4 is 29.1 Å². The molecule has 4 aliphatic carbocycles. The van der Waals surface area contributed by atoms with Crippen molar-refractivity contribution < 1.29 is 44.4 Å². The maximum atomic E-state index is 13.7. The minimum absolute atomic E-state index is 0.0303. The van der Waals surface area contributed by atoms with E-state index >= 15 is 0 Å². The Morgan fingerprint density at radius 1 is 0.390 bits per heavy atom. The number of benzene rings is 2. The average molecular weight is 1070 g/mol. The van der Waals surface area contributed by atoms with Crippen molar-refractivity contribution in [3.05, 3.63) is 70.8 Å². The van der Waals surface area contributed by atoms with Crippen LogP contribution in [-0.2, 0) is 24.0 Å². The fourth-order valence-corrected chi connectivity index (χ4v) is 13.5. The van der Waals surface area contributed by atoms with Gasteiger partial charge < -0.3 is 20.4 Å². The zero-order valence-electron chi connectivity index (χ0n) is 49.5. The van der Waals surface area contributed by atoms with Crippen LogP contribution >= 0.6 is 0 Å². The average Bonchev–Trinajstić information content (AvgIpc) is 3.41. The topological polar surface area (TPSA) is 166 Å². The lowest BCUT2D eigenvalue weighted by molar-refractivity contribution is -0.147. The molecule has 4 fully saturated rings. The number of rotatable bonds is 28. The third-order valence-corrected chi connectivity index (χ3v) is 19.1. The summed E-state index contributed by atoms with van der Waals surface area (Å²) in [6.07, 6.45) is 26.7. The third-order valence-electron chi connectivity index (χ3n) is 19.1. The van der Waals surface area contributed by atoms with E-state index in [1.807, 2.05) is 24.3 Å². The van der Waals surface area contributed by atoms with Crippen LogP contribution in [0.1, 0.15) is 281 Å². The molecule has 4 saturated carbocycles. The highest BCUT2D eigenvalue weighted by atomic mass is 16.4. The van der Waals surface area contributed by atoms with Gasteiger partial charge in [-0.2, -0.15) is 0 Å². The summed E-state index contributed by atoms with van der Waals surface area (Å²) in [5, 5.41) is 37.9. The van der Waals surface area contributed by atoms with Crippen LogP contribution < -0.4 is 0 Å². The smallest absolute Gasteiger partial charge is 0.309 e. The zero-order valence-corrected chi connectivity index (χ0v) is 49.5. The number of unbranched alkanes of at least 4 members (excludes halogenated alkanes) is 4. The van der Waals surface area contributed by atoms with Crippen LogP contribution in [-0.4, -0.2) is 69.3 Å². The Balaban J connectivity index is 0.000000284. The van der Waals surface area contributed by atoms with Crippen LogP contribution in [0.4, 0.5) is 0 Å². The molecule has 0 heterocycles. The molecule has 0 aromatic heterocycles. The predicted molar refractivity (Wildman–Crippen MR) is 311 cm³/mol. The molecule has 8 atom stereocenters. The van der Waals surface area contributed by atoms with E-state index in [1.165, 1.54) is 0 Å². The van der Waals surface area contributed by atoms with E-state index in [4.69, 9.17) is 0 Å². The van der Waals surface area contributed by atoms with Gasteiger partial charge in [-0.1, -0.05) is 167 Å². The van der Waals surface area contributed by atoms with Gasteiger partial charge in [-0.25, -0.2) is 0 Å². The number of carbonyl (C=O) groups excluding carboxylic acids is 4. The number of carbonyl (C=O) groups is 5. The number of carboxylic acids is 1. The molecule has 0 spiro atoms. The summed E-state index contributed by atoms with van der Waals surface area (Å²) in [5.41, 5.74) is 3.52. The first-order chi connectivity index (χ1) is 36.5. The Hall–Kier alpha value is -3.53. The summed E-state index contributed by atoms with van der Waals surface area (Å²) >= 11 is 0. The monoisotopic (exact) mass is 1070 g/mol. The predicted octanol–water partition coefficient (Wildman–Crippen LogP) is 15.6. The molecule has 432 valence electrons. The van der Waals surface area contributed by atoms with Crippen molar-refractivity contribution in [1.29, 1.82) is 0 Å². The van der Waals surface area contributed by atoms with E-state index in [2.05, 4.69) is 65.8 Å². The first-order valence-corrected chi connectivity index (χ1v) is 30.9. The molecule has 6 rings (SSSR count). The van der Waals surface area contributed by atoms with Crippen molar-refractivity contribution in [1.82, 2.24) is 0 Å². The lowest BCUT2D eigenvalue weighted by atomic mass is 9.69. The Kier molecular flexibility index (Phi) is 25.3. The number of hydrogen-bond donors (Lipinski definition) is 4. The zero-order chi connectivity index (χ0) is 56.4. The van der Waals surface area contributed by atoms with Crippen LogP contribution in [0.25, 0.3) is 0 Å². The summed E-state index contributed by atoms with van der Waals surface area (Å²) in [6.45, 7) is 16.7. The molecule has 0 amide bonds. The highest BCUT2D eigenvalue weighted by Crippen LogP contribution is 2.45. The number of aliphatic carboxylic acids is 1. The summed E-state index contributed by atoms with van der Waals surface area (Å²) in [5.74, 6) is 0.653. The van der Waals surface area contributed by atoms with Gasteiger partial charge in [0.25, 0.3) is 0 Å². The third kappa shape index (κ3) is 19.0. The molecule has 2 aromatic carbocycles. The molecule has 0 radical (unpaired) electrons. The number of hydrogen-bond acceptors (Lipinski definition) is 8. The van der Waals surface area contributed by atoms with Gasteiger partial charge in [0.2, 0.25) is 0 Å². The van der Waals surface area contributed by atoms with Crippen molar-refractivity contribution in [2.45, 2.75) is 259 Å². The first-order valence-electron chi connectivity index (χ1n) is 30.9.